The van der Waals surface area contributed by atoms with Crippen LogP contribution < -0.4 is 0 Å². The van der Waals surface area contributed by atoms with E-state index < -0.39 is 12.4 Å². The average Bonchev–Trinajstić information content (AvgIpc) is 2.02. The molecule has 1 aromatic rings. The van der Waals surface area contributed by atoms with Crippen LogP contribution in [-0.2, 0) is 0 Å². The monoisotopic (exact) mass is 265 g/mol. The fraction of sp³-hybridized carbons (Fsp3) is 0.250. The Bertz CT molecular complexity index is 382. The van der Waals surface area contributed by atoms with Gasteiger partial charge in [0.05, 0.1) is 5.56 Å². The van der Waals surface area contributed by atoms with E-state index in [1.807, 2.05) is 0 Å². The highest BCUT2D eigenvalue weighted by atomic mass is 79.9. The van der Waals surface area contributed by atoms with Gasteiger partial charge in [-0.3, -0.25) is 0 Å². The van der Waals surface area contributed by atoms with E-state index in [2.05, 4.69) is 20.9 Å². The molecule has 0 unspecified atom stereocenters. The predicted molar refractivity (Wildman–Crippen MR) is 48.6 cm³/mol. The Morgan fingerprint density at radius 1 is 1.64 bits per heavy atom. The average molecular weight is 266 g/mol. The Labute approximate surface area is 86.9 Å². The molecule has 0 bridgehead atoms. The molecule has 0 aliphatic carbocycles. The van der Waals surface area contributed by atoms with E-state index in [1.165, 1.54) is 6.92 Å². The first-order valence-electron chi connectivity index (χ1n) is 3.61. The number of pyridine rings is 1. The van der Waals surface area contributed by atoms with E-state index in [9.17, 15) is 13.6 Å². The van der Waals surface area contributed by atoms with Crippen molar-refractivity contribution in [3.8, 4) is 0 Å². The standard InChI is InChI=1S/C8H6BrF2NO2/c1-3-4(7(10)11)2-12-6(9)5(3)8(13)14/h2,7H,1H3,(H,13,14). The normalized spacial score (nSPS) is 10.6. The van der Waals surface area contributed by atoms with Crippen LogP contribution in [0.4, 0.5) is 8.78 Å². The van der Waals surface area contributed by atoms with Gasteiger partial charge in [0, 0.05) is 11.8 Å². The molecular weight excluding hydrogens is 260 g/mol. The van der Waals surface area contributed by atoms with Gasteiger partial charge in [-0.2, -0.15) is 0 Å². The quantitative estimate of drug-likeness (QED) is 0.837. The van der Waals surface area contributed by atoms with Crippen molar-refractivity contribution in [2.45, 2.75) is 13.3 Å². The van der Waals surface area contributed by atoms with Gasteiger partial charge in [-0.1, -0.05) is 0 Å². The highest BCUT2D eigenvalue weighted by Crippen LogP contribution is 2.27. The first-order chi connectivity index (χ1) is 6.45. The van der Waals surface area contributed by atoms with E-state index in [0.29, 0.717) is 0 Å². The van der Waals surface area contributed by atoms with Crippen molar-refractivity contribution in [3.63, 3.8) is 0 Å². The summed E-state index contributed by atoms with van der Waals surface area (Å²) in [5.74, 6) is -1.27. The maximum Gasteiger partial charge on any atom is 0.338 e. The molecule has 6 heteroatoms. The number of aromatic carboxylic acids is 1. The third-order valence-corrected chi connectivity index (χ3v) is 2.38. The van der Waals surface area contributed by atoms with Crippen LogP contribution in [0.1, 0.15) is 27.9 Å². The largest absolute Gasteiger partial charge is 0.478 e. The Morgan fingerprint density at radius 2 is 2.21 bits per heavy atom. The summed E-state index contributed by atoms with van der Waals surface area (Å²) in [5.41, 5.74) is -0.539. The maximum atomic E-state index is 12.4. The zero-order valence-electron chi connectivity index (χ0n) is 7.09. The molecule has 1 aromatic heterocycles. The van der Waals surface area contributed by atoms with Gasteiger partial charge in [-0.05, 0) is 28.4 Å². The molecule has 0 saturated heterocycles. The number of rotatable bonds is 2. The second kappa shape index (κ2) is 4.00. The Morgan fingerprint density at radius 3 is 2.64 bits per heavy atom. The Balaban J connectivity index is 3.41. The van der Waals surface area contributed by atoms with Gasteiger partial charge in [0.1, 0.15) is 4.60 Å². The van der Waals surface area contributed by atoms with Crippen LogP contribution in [0.5, 0.6) is 0 Å². The van der Waals surface area contributed by atoms with E-state index in [4.69, 9.17) is 5.11 Å². The number of carboxylic acid groups (broad SMARTS) is 1. The number of nitrogens with zero attached hydrogens (tertiary/aromatic N) is 1. The number of alkyl halides is 2. The summed E-state index contributed by atoms with van der Waals surface area (Å²) in [7, 11) is 0. The minimum atomic E-state index is -2.71. The smallest absolute Gasteiger partial charge is 0.338 e. The molecule has 1 rings (SSSR count). The summed E-state index contributed by atoms with van der Waals surface area (Å²) in [6.07, 6.45) is -1.75. The summed E-state index contributed by atoms with van der Waals surface area (Å²) < 4.78 is 24.8. The fourth-order valence-corrected chi connectivity index (χ4v) is 1.62. The summed E-state index contributed by atoms with van der Waals surface area (Å²) in [6, 6.07) is 0. The van der Waals surface area contributed by atoms with Crippen LogP contribution >= 0.6 is 15.9 Å². The number of carbonyl (C=O) groups is 1. The van der Waals surface area contributed by atoms with Crippen LogP contribution in [0, 0.1) is 6.92 Å². The number of aromatic nitrogens is 1. The highest BCUT2D eigenvalue weighted by molar-refractivity contribution is 9.10. The molecule has 1 N–H and O–H groups in total. The van der Waals surface area contributed by atoms with Crippen molar-refractivity contribution < 1.29 is 18.7 Å². The summed E-state index contributed by atoms with van der Waals surface area (Å²) in [4.78, 5) is 14.2. The van der Waals surface area contributed by atoms with E-state index in [1.54, 1.807) is 0 Å². The second-order valence-corrected chi connectivity index (χ2v) is 3.36. The summed E-state index contributed by atoms with van der Waals surface area (Å²) in [6.45, 7) is 1.33. The number of carboxylic acids is 1. The lowest BCUT2D eigenvalue weighted by molar-refractivity contribution is 0.0694. The third kappa shape index (κ3) is 1.89. The van der Waals surface area contributed by atoms with E-state index in [0.717, 1.165) is 6.20 Å². The minimum Gasteiger partial charge on any atom is -0.478 e. The lowest BCUT2D eigenvalue weighted by Gasteiger charge is -2.08. The van der Waals surface area contributed by atoms with Crippen molar-refractivity contribution in [2.24, 2.45) is 0 Å². The maximum absolute atomic E-state index is 12.4. The summed E-state index contributed by atoms with van der Waals surface area (Å²) in [5, 5.41) is 8.74. The molecule has 76 valence electrons. The van der Waals surface area contributed by atoms with Crippen LogP contribution in [0.15, 0.2) is 10.8 Å². The van der Waals surface area contributed by atoms with Gasteiger partial charge in [-0.25, -0.2) is 18.6 Å². The second-order valence-electron chi connectivity index (χ2n) is 2.61. The van der Waals surface area contributed by atoms with Crippen molar-refractivity contribution in [2.75, 3.05) is 0 Å². The molecule has 0 spiro atoms. The van der Waals surface area contributed by atoms with Crippen molar-refractivity contribution in [1.82, 2.24) is 4.98 Å². The molecular formula is C8H6BrF2NO2. The first-order valence-corrected chi connectivity index (χ1v) is 4.41. The van der Waals surface area contributed by atoms with E-state index >= 15 is 0 Å². The molecule has 0 amide bonds. The molecule has 0 atom stereocenters. The van der Waals surface area contributed by atoms with Crippen LogP contribution in [0.3, 0.4) is 0 Å². The predicted octanol–water partition coefficient (Wildman–Crippen LogP) is 2.79. The number of hydrogen-bond donors (Lipinski definition) is 1. The van der Waals surface area contributed by atoms with Crippen molar-refractivity contribution in [1.29, 1.82) is 0 Å². The van der Waals surface area contributed by atoms with Crippen LogP contribution in [0.2, 0.25) is 0 Å². The Hall–Kier alpha value is -1.04. The van der Waals surface area contributed by atoms with Crippen LogP contribution in [0.25, 0.3) is 0 Å². The van der Waals surface area contributed by atoms with E-state index in [-0.39, 0.29) is 21.3 Å². The molecule has 0 fully saturated rings. The van der Waals surface area contributed by atoms with Gasteiger partial charge in [0.2, 0.25) is 0 Å². The zero-order chi connectivity index (χ0) is 10.9. The first kappa shape index (κ1) is 11.0. The van der Waals surface area contributed by atoms with Gasteiger partial charge in [0.25, 0.3) is 6.43 Å². The summed E-state index contributed by atoms with van der Waals surface area (Å²) >= 11 is 2.89. The fourth-order valence-electron chi connectivity index (χ4n) is 1.06. The minimum absolute atomic E-state index is 0.0365. The number of hydrogen-bond acceptors (Lipinski definition) is 2. The zero-order valence-corrected chi connectivity index (χ0v) is 8.68. The third-order valence-electron chi connectivity index (χ3n) is 1.78. The van der Waals surface area contributed by atoms with Gasteiger partial charge >= 0.3 is 5.97 Å². The van der Waals surface area contributed by atoms with Crippen molar-refractivity contribution in [3.05, 3.63) is 27.5 Å². The SMILES string of the molecule is Cc1c(C(F)F)cnc(Br)c1C(=O)O. The highest BCUT2D eigenvalue weighted by Gasteiger charge is 2.20. The molecule has 14 heavy (non-hydrogen) atoms. The molecule has 3 nitrogen and oxygen atoms in total. The van der Waals surface area contributed by atoms with Gasteiger partial charge < -0.3 is 5.11 Å². The molecule has 0 radical (unpaired) electrons. The molecule has 0 aliphatic heterocycles. The topological polar surface area (TPSA) is 50.2 Å². The molecule has 0 aliphatic rings. The van der Waals surface area contributed by atoms with Gasteiger partial charge in [0.15, 0.2) is 0 Å². The lowest BCUT2D eigenvalue weighted by Crippen LogP contribution is -2.06. The van der Waals surface area contributed by atoms with Gasteiger partial charge in [-0.15, -0.1) is 0 Å². The van der Waals surface area contributed by atoms with Crippen LogP contribution in [-0.4, -0.2) is 16.1 Å². The lowest BCUT2D eigenvalue weighted by atomic mass is 10.1. The van der Waals surface area contributed by atoms with Crippen molar-refractivity contribution >= 4 is 21.9 Å². The molecule has 0 saturated carbocycles. The number of halogens is 3. The molecule has 0 aromatic carbocycles. The molecule has 1 heterocycles. The Kier molecular flexibility index (Phi) is 3.15.